The number of allylic oxidation sites excluding steroid dienone is 1. The van der Waals surface area contributed by atoms with Gasteiger partial charge < -0.3 is 11.5 Å². The molecule has 4 heteroatoms. The highest BCUT2D eigenvalue weighted by Crippen LogP contribution is 1.81. The van der Waals surface area contributed by atoms with Gasteiger partial charge in [-0.25, -0.2) is 4.99 Å². The van der Waals surface area contributed by atoms with E-state index in [9.17, 15) is 0 Å². The van der Waals surface area contributed by atoms with Gasteiger partial charge in [0, 0.05) is 5.70 Å². The molecule has 0 aromatic heterocycles. The zero-order valence-corrected chi connectivity index (χ0v) is 6.18. The van der Waals surface area contributed by atoms with Gasteiger partial charge in [-0.15, -0.1) is 0 Å². The van der Waals surface area contributed by atoms with Crippen LogP contribution in [0, 0.1) is 5.41 Å². The Morgan fingerprint density at radius 1 is 1.40 bits per heavy atom. The van der Waals surface area contributed by atoms with Crippen molar-refractivity contribution in [2.45, 2.75) is 13.8 Å². The van der Waals surface area contributed by atoms with Crippen LogP contribution in [-0.4, -0.2) is 11.7 Å². The van der Waals surface area contributed by atoms with Crippen molar-refractivity contribution in [3.8, 4) is 0 Å². The molecule has 0 rings (SSSR count). The lowest BCUT2D eigenvalue weighted by molar-refractivity contribution is 1.31. The van der Waals surface area contributed by atoms with Crippen LogP contribution in [0.15, 0.2) is 16.8 Å². The molecule has 0 radical (unpaired) electrons. The molecule has 0 unspecified atom stereocenters. The van der Waals surface area contributed by atoms with Gasteiger partial charge in [-0.3, -0.25) is 5.41 Å². The third kappa shape index (κ3) is 4.83. The molecule has 0 fully saturated rings. The fourth-order valence-electron chi connectivity index (χ4n) is 0.459. The molecule has 0 heterocycles. The Labute approximate surface area is 60.1 Å². The number of hydrogen-bond acceptors (Lipinski definition) is 2. The zero-order valence-electron chi connectivity index (χ0n) is 6.18. The average Bonchev–Trinajstić information content (AvgIpc) is 1.58. The number of hydrogen-bond donors (Lipinski definition) is 3. The van der Waals surface area contributed by atoms with Crippen molar-refractivity contribution in [3.05, 3.63) is 11.8 Å². The minimum atomic E-state index is 0.176. The molecule has 0 saturated carbocycles. The smallest absolute Gasteiger partial charge is 0.127 e. The first kappa shape index (κ1) is 8.68. The van der Waals surface area contributed by atoms with Gasteiger partial charge in [0.1, 0.15) is 11.7 Å². The van der Waals surface area contributed by atoms with Gasteiger partial charge in [0.05, 0.1) is 0 Å². The van der Waals surface area contributed by atoms with E-state index >= 15 is 0 Å². The second-order valence-electron chi connectivity index (χ2n) is 2.01. The Kier molecular flexibility index (Phi) is 3.17. The van der Waals surface area contributed by atoms with Crippen LogP contribution in [0.1, 0.15) is 13.8 Å². The molecule has 5 N–H and O–H groups in total. The third-order valence-corrected chi connectivity index (χ3v) is 0.672. The van der Waals surface area contributed by atoms with Crippen LogP contribution < -0.4 is 11.5 Å². The maximum Gasteiger partial charge on any atom is 0.127 e. The number of aliphatic imine (C=N–C) groups is 1. The summed E-state index contributed by atoms with van der Waals surface area (Å²) >= 11 is 0. The zero-order chi connectivity index (χ0) is 8.15. The van der Waals surface area contributed by atoms with E-state index in [1.807, 2.05) is 0 Å². The topological polar surface area (TPSA) is 88.2 Å². The Morgan fingerprint density at radius 2 is 1.90 bits per heavy atom. The summed E-state index contributed by atoms with van der Waals surface area (Å²) in [5.41, 5.74) is 11.2. The van der Waals surface area contributed by atoms with Crippen molar-refractivity contribution in [2.75, 3.05) is 0 Å². The number of nitrogens with one attached hydrogen (secondary N) is 1. The Balaban J connectivity index is 4.22. The van der Waals surface area contributed by atoms with Crippen LogP contribution in [0.5, 0.6) is 0 Å². The predicted molar refractivity (Wildman–Crippen MR) is 43.0 cm³/mol. The second kappa shape index (κ2) is 3.66. The molecule has 0 aliphatic carbocycles. The largest absolute Gasteiger partial charge is 0.402 e. The van der Waals surface area contributed by atoms with Crippen LogP contribution in [0.4, 0.5) is 0 Å². The molecule has 0 saturated heterocycles. The molecule has 0 spiro atoms. The second-order valence-corrected chi connectivity index (χ2v) is 2.01. The normalized spacial score (nSPS) is 13.4. The number of nitrogens with zero attached hydrogens (tertiary/aromatic N) is 1. The van der Waals surface area contributed by atoms with Gasteiger partial charge in [0.25, 0.3) is 0 Å². The van der Waals surface area contributed by atoms with Crippen LogP contribution >= 0.6 is 0 Å². The maximum atomic E-state index is 6.93. The minimum Gasteiger partial charge on any atom is -0.402 e. The van der Waals surface area contributed by atoms with Gasteiger partial charge in [-0.1, -0.05) is 0 Å². The van der Waals surface area contributed by atoms with Gasteiger partial charge in [0.2, 0.25) is 0 Å². The summed E-state index contributed by atoms with van der Waals surface area (Å²) in [6.45, 7) is 3.26. The summed E-state index contributed by atoms with van der Waals surface area (Å²) in [5.74, 6) is 0.447. The highest BCUT2D eigenvalue weighted by Gasteiger charge is 1.86. The Hall–Kier alpha value is -1.32. The van der Waals surface area contributed by atoms with Crippen molar-refractivity contribution in [1.29, 1.82) is 5.41 Å². The van der Waals surface area contributed by atoms with Crippen molar-refractivity contribution < 1.29 is 0 Å². The summed E-state index contributed by atoms with van der Waals surface area (Å²) < 4.78 is 0. The third-order valence-electron chi connectivity index (χ3n) is 0.672. The first-order valence-electron chi connectivity index (χ1n) is 2.85. The summed E-state index contributed by atoms with van der Waals surface area (Å²) in [4.78, 5) is 3.64. The molecule has 0 aliphatic rings. The molecule has 0 bridgehead atoms. The number of rotatable bonds is 1. The molecule has 56 valence electrons. The van der Waals surface area contributed by atoms with E-state index in [0.717, 1.165) is 0 Å². The van der Waals surface area contributed by atoms with Crippen molar-refractivity contribution in [1.82, 2.24) is 0 Å². The molecule has 4 nitrogen and oxygen atoms in total. The first-order valence-corrected chi connectivity index (χ1v) is 2.85. The molecule has 0 aromatic carbocycles. The Bertz CT molecular complexity index is 186. The molecule has 0 aliphatic heterocycles. The summed E-state index contributed by atoms with van der Waals surface area (Å²) in [7, 11) is 0. The fraction of sp³-hybridized carbons (Fsp3) is 0.333. The van der Waals surface area contributed by atoms with Crippen LogP contribution in [0.25, 0.3) is 0 Å². The lowest BCUT2D eigenvalue weighted by Crippen LogP contribution is -2.11. The van der Waals surface area contributed by atoms with E-state index in [1.54, 1.807) is 13.8 Å². The van der Waals surface area contributed by atoms with Crippen molar-refractivity contribution in [2.24, 2.45) is 16.5 Å². The lowest BCUT2D eigenvalue weighted by Gasteiger charge is -1.91. The van der Waals surface area contributed by atoms with Gasteiger partial charge >= 0.3 is 0 Å². The molecular weight excluding hydrogens is 128 g/mol. The minimum absolute atomic E-state index is 0.176. The van der Waals surface area contributed by atoms with Gasteiger partial charge in [-0.2, -0.15) is 0 Å². The fourth-order valence-corrected chi connectivity index (χ4v) is 0.459. The molecule has 0 aromatic rings. The van der Waals surface area contributed by atoms with E-state index in [2.05, 4.69) is 4.99 Å². The van der Waals surface area contributed by atoms with E-state index in [1.165, 1.54) is 6.08 Å². The van der Waals surface area contributed by atoms with Gasteiger partial charge in [0.15, 0.2) is 0 Å². The van der Waals surface area contributed by atoms with Crippen molar-refractivity contribution >= 4 is 11.7 Å². The van der Waals surface area contributed by atoms with Crippen LogP contribution in [-0.2, 0) is 0 Å². The Morgan fingerprint density at radius 3 is 2.20 bits per heavy atom. The number of nitrogens with two attached hydrogens (primary N) is 2. The van der Waals surface area contributed by atoms with Crippen molar-refractivity contribution in [3.63, 3.8) is 0 Å². The standard InChI is InChI=1S/C6H12N4/c1-4(7)3-6(9)10-5(2)8/h3H,7H2,1-2H3,(H3,8,9,10). The molecule has 0 atom stereocenters. The lowest BCUT2D eigenvalue weighted by atomic mass is 10.4. The highest BCUT2D eigenvalue weighted by atomic mass is 14.9. The van der Waals surface area contributed by atoms with Gasteiger partial charge in [-0.05, 0) is 19.9 Å². The maximum absolute atomic E-state index is 6.93. The highest BCUT2D eigenvalue weighted by molar-refractivity contribution is 6.00. The monoisotopic (exact) mass is 140 g/mol. The van der Waals surface area contributed by atoms with E-state index < -0.39 is 0 Å². The summed E-state index contributed by atoms with van der Waals surface area (Å²) in [6, 6.07) is 0. The predicted octanol–water partition coefficient (Wildman–Crippen LogP) is 0.203. The number of amidine groups is 2. The van der Waals surface area contributed by atoms with Crippen LogP contribution in [0.3, 0.4) is 0 Å². The average molecular weight is 140 g/mol. The first-order chi connectivity index (χ1) is 4.52. The summed E-state index contributed by atoms with van der Waals surface area (Å²) in [5, 5.41) is 6.93. The summed E-state index contributed by atoms with van der Waals surface area (Å²) in [6.07, 6.45) is 1.51. The van der Waals surface area contributed by atoms with E-state index in [4.69, 9.17) is 16.9 Å². The molecule has 10 heavy (non-hydrogen) atoms. The molecule has 0 amide bonds. The van der Waals surface area contributed by atoms with E-state index in [-0.39, 0.29) is 11.7 Å². The molecular formula is C6H12N4. The quantitative estimate of drug-likeness (QED) is 0.359. The van der Waals surface area contributed by atoms with Crippen LogP contribution in [0.2, 0.25) is 0 Å². The SMILES string of the molecule is CC(=N)N=C(N)C=C(C)N. The van der Waals surface area contributed by atoms with E-state index in [0.29, 0.717) is 5.70 Å².